The first-order valence-corrected chi connectivity index (χ1v) is 7.48. The summed E-state index contributed by atoms with van der Waals surface area (Å²) in [6, 6.07) is 15.1. The summed E-state index contributed by atoms with van der Waals surface area (Å²) in [6.07, 6.45) is 0. The molecule has 3 nitrogen and oxygen atoms in total. The van der Waals surface area contributed by atoms with Crippen LogP contribution in [0.3, 0.4) is 0 Å². The van der Waals surface area contributed by atoms with E-state index in [0.29, 0.717) is 11.1 Å². The molecule has 0 saturated carbocycles. The van der Waals surface area contributed by atoms with Crippen molar-refractivity contribution in [1.82, 2.24) is 4.72 Å². The Bertz CT molecular complexity index is 646. The molecular formula is C14H12F3NO2S. The van der Waals surface area contributed by atoms with Gasteiger partial charge >= 0.3 is 15.5 Å². The molecule has 0 radical (unpaired) electrons. The molecule has 0 atom stereocenters. The van der Waals surface area contributed by atoms with E-state index in [4.69, 9.17) is 0 Å². The standard InChI is InChI=1S/C14H12F3NO2S/c15-14(16,17)21(19,20)18-13(11-7-3-1-4-8-11)12-9-5-2-6-10-12/h1-10,13,18H. The number of rotatable bonds is 4. The van der Waals surface area contributed by atoms with E-state index in [2.05, 4.69) is 0 Å². The van der Waals surface area contributed by atoms with Gasteiger partial charge in [-0.3, -0.25) is 0 Å². The zero-order valence-corrected chi connectivity index (χ0v) is 11.5. The second-order valence-corrected chi connectivity index (χ2v) is 6.03. The minimum atomic E-state index is -5.44. The van der Waals surface area contributed by atoms with Crippen LogP contribution in [0.5, 0.6) is 0 Å². The molecule has 1 N–H and O–H groups in total. The van der Waals surface area contributed by atoms with E-state index in [0.717, 1.165) is 0 Å². The molecule has 0 amide bonds. The number of hydrogen-bond donors (Lipinski definition) is 1. The summed E-state index contributed by atoms with van der Waals surface area (Å²) < 4.78 is 62.2. The Kier molecular flexibility index (Phi) is 4.34. The molecule has 0 aliphatic heterocycles. The highest BCUT2D eigenvalue weighted by Gasteiger charge is 2.47. The van der Waals surface area contributed by atoms with E-state index in [9.17, 15) is 21.6 Å². The highest BCUT2D eigenvalue weighted by Crippen LogP contribution is 2.28. The van der Waals surface area contributed by atoms with E-state index >= 15 is 0 Å². The van der Waals surface area contributed by atoms with Crippen LogP contribution in [0.15, 0.2) is 60.7 Å². The van der Waals surface area contributed by atoms with Gasteiger partial charge in [-0.2, -0.15) is 17.9 Å². The van der Waals surface area contributed by atoms with E-state index in [1.807, 2.05) is 0 Å². The summed E-state index contributed by atoms with van der Waals surface area (Å²) >= 11 is 0. The van der Waals surface area contributed by atoms with Gasteiger partial charge in [-0.25, -0.2) is 8.42 Å². The Labute approximate surface area is 120 Å². The van der Waals surface area contributed by atoms with Crippen LogP contribution in [-0.2, 0) is 10.0 Å². The Morgan fingerprint density at radius 2 is 1.19 bits per heavy atom. The minimum absolute atomic E-state index is 0.427. The van der Waals surface area contributed by atoms with Crippen LogP contribution in [0, 0.1) is 0 Å². The van der Waals surface area contributed by atoms with Gasteiger partial charge in [0.05, 0.1) is 6.04 Å². The van der Waals surface area contributed by atoms with Gasteiger partial charge in [0.15, 0.2) is 0 Å². The first-order chi connectivity index (χ1) is 9.81. The van der Waals surface area contributed by atoms with Gasteiger partial charge in [-0.15, -0.1) is 0 Å². The quantitative estimate of drug-likeness (QED) is 0.941. The van der Waals surface area contributed by atoms with Crippen LogP contribution in [0.25, 0.3) is 0 Å². The smallest absolute Gasteiger partial charge is 0.203 e. The first-order valence-electron chi connectivity index (χ1n) is 6.00. The van der Waals surface area contributed by atoms with Crippen molar-refractivity contribution in [3.8, 4) is 0 Å². The summed E-state index contributed by atoms with van der Waals surface area (Å²) in [5, 5.41) is 0. The molecule has 2 aromatic carbocycles. The lowest BCUT2D eigenvalue weighted by atomic mass is 10.00. The summed E-state index contributed by atoms with van der Waals surface area (Å²) in [4.78, 5) is 0. The van der Waals surface area contributed by atoms with Gasteiger partial charge in [0.25, 0.3) is 0 Å². The molecule has 7 heteroatoms. The molecule has 112 valence electrons. The lowest BCUT2D eigenvalue weighted by Gasteiger charge is -2.20. The van der Waals surface area contributed by atoms with Gasteiger partial charge in [-0.1, -0.05) is 60.7 Å². The highest BCUT2D eigenvalue weighted by atomic mass is 32.2. The Hall–Kier alpha value is -1.86. The maximum absolute atomic E-state index is 12.6. The van der Waals surface area contributed by atoms with Gasteiger partial charge in [0.2, 0.25) is 0 Å². The van der Waals surface area contributed by atoms with Crippen LogP contribution in [0.1, 0.15) is 17.2 Å². The second kappa shape index (κ2) is 5.87. The van der Waals surface area contributed by atoms with Crippen LogP contribution >= 0.6 is 0 Å². The molecule has 21 heavy (non-hydrogen) atoms. The Balaban J connectivity index is 2.44. The van der Waals surface area contributed by atoms with Crippen LogP contribution in [-0.4, -0.2) is 13.9 Å². The van der Waals surface area contributed by atoms with Crippen molar-refractivity contribution in [3.63, 3.8) is 0 Å². The number of halogens is 3. The minimum Gasteiger partial charge on any atom is -0.203 e. The fourth-order valence-corrected chi connectivity index (χ4v) is 2.56. The fraction of sp³-hybridized carbons (Fsp3) is 0.143. The predicted molar refractivity (Wildman–Crippen MR) is 72.8 cm³/mol. The van der Waals surface area contributed by atoms with E-state index in [-0.39, 0.29) is 0 Å². The number of benzene rings is 2. The monoisotopic (exact) mass is 315 g/mol. The van der Waals surface area contributed by atoms with Crippen molar-refractivity contribution >= 4 is 10.0 Å². The lowest BCUT2D eigenvalue weighted by Crippen LogP contribution is -2.39. The fourth-order valence-electron chi connectivity index (χ4n) is 1.84. The lowest BCUT2D eigenvalue weighted by molar-refractivity contribution is -0.0449. The average Bonchev–Trinajstić information content (AvgIpc) is 2.45. The molecular weight excluding hydrogens is 303 g/mol. The molecule has 0 aromatic heterocycles. The number of alkyl halides is 3. The summed E-state index contributed by atoms with van der Waals surface area (Å²) in [6.45, 7) is 0. The largest absolute Gasteiger partial charge is 0.511 e. The van der Waals surface area contributed by atoms with Gasteiger partial charge in [0.1, 0.15) is 0 Å². The number of nitrogens with one attached hydrogen (secondary N) is 1. The Morgan fingerprint density at radius 3 is 1.52 bits per heavy atom. The van der Waals surface area contributed by atoms with Crippen molar-refractivity contribution in [2.75, 3.05) is 0 Å². The van der Waals surface area contributed by atoms with Gasteiger partial charge < -0.3 is 0 Å². The normalized spacial score (nSPS) is 12.6. The topological polar surface area (TPSA) is 46.2 Å². The van der Waals surface area contributed by atoms with Crippen LogP contribution in [0.2, 0.25) is 0 Å². The number of sulfonamides is 1. The van der Waals surface area contributed by atoms with Crippen LogP contribution < -0.4 is 4.72 Å². The van der Waals surface area contributed by atoms with Gasteiger partial charge in [-0.05, 0) is 11.1 Å². The molecule has 0 unspecified atom stereocenters. The molecule has 0 bridgehead atoms. The first kappa shape index (κ1) is 15.5. The summed E-state index contributed by atoms with van der Waals surface area (Å²) in [7, 11) is -5.44. The van der Waals surface area contributed by atoms with Crippen molar-refractivity contribution in [1.29, 1.82) is 0 Å². The molecule has 2 rings (SSSR count). The van der Waals surface area contributed by atoms with E-state index < -0.39 is 21.6 Å². The summed E-state index contributed by atoms with van der Waals surface area (Å²) in [5.74, 6) is 0. The SMILES string of the molecule is O=S(=O)(NC(c1ccccc1)c1ccccc1)C(F)(F)F. The zero-order chi connectivity index (χ0) is 15.5. The second-order valence-electron chi connectivity index (χ2n) is 4.32. The van der Waals surface area contributed by atoms with Crippen molar-refractivity contribution in [2.24, 2.45) is 0 Å². The highest BCUT2D eigenvalue weighted by molar-refractivity contribution is 7.90. The number of hydrogen-bond acceptors (Lipinski definition) is 2. The van der Waals surface area contributed by atoms with E-state index in [1.165, 1.54) is 0 Å². The molecule has 0 heterocycles. The van der Waals surface area contributed by atoms with Crippen molar-refractivity contribution in [3.05, 3.63) is 71.8 Å². The third-order valence-corrected chi connectivity index (χ3v) is 4.00. The maximum Gasteiger partial charge on any atom is 0.511 e. The van der Waals surface area contributed by atoms with Crippen molar-refractivity contribution in [2.45, 2.75) is 11.6 Å². The predicted octanol–water partition coefficient (Wildman–Crippen LogP) is 3.22. The molecule has 0 aliphatic carbocycles. The molecule has 2 aromatic rings. The third kappa shape index (κ3) is 3.62. The van der Waals surface area contributed by atoms with E-state index in [1.54, 1.807) is 65.4 Å². The Morgan fingerprint density at radius 1 is 0.810 bits per heavy atom. The third-order valence-electron chi connectivity index (χ3n) is 2.84. The zero-order valence-electron chi connectivity index (χ0n) is 10.7. The van der Waals surface area contributed by atoms with Crippen molar-refractivity contribution < 1.29 is 21.6 Å². The molecule has 0 aliphatic rings. The van der Waals surface area contributed by atoms with Gasteiger partial charge in [0, 0.05) is 0 Å². The van der Waals surface area contributed by atoms with Crippen LogP contribution in [0.4, 0.5) is 13.2 Å². The molecule has 0 saturated heterocycles. The molecule has 0 fully saturated rings. The average molecular weight is 315 g/mol. The molecule has 0 spiro atoms. The maximum atomic E-state index is 12.6. The summed E-state index contributed by atoms with van der Waals surface area (Å²) in [5.41, 5.74) is -4.50.